The second kappa shape index (κ2) is 4.79. The largest absolute Gasteiger partial charge is 0.341 e. The van der Waals surface area contributed by atoms with E-state index in [0.717, 1.165) is 0 Å². The molecule has 0 radical (unpaired) electrons. The normalized spacial score (nSPS) is 10.5. The van der Waals surface area contributed by atoms with Gasteiger partial charge in [-0.05, 0) is 40.2 Å². The number of aldehydes is 1. The van der Waals surface area contributed by atoms with Crippen LogP contribution in [0.5, 0.6) is 0 Å². The quantitative estimate of drug-likeness (QED) is 0.629. The van der Waals surface area contributed by atoms with Crippen molar-refractivity contribution in [3.63, 3.8) is 0 Å². The number of carbonyl (C=O) groups excluding carboxylic acids is 1. The van der Waals surface area contributed by atoms with Gasteiger partial charge in [-0.25, -0.2) is 8.78 Å². The average Bonchev–Trinajstić information content (AvgIpc) is 2.77. The average molecular weight is 300 g/mol. The third-order valence-electron chi connectivity index (χ3n) is 2.45. The first kappa shape index (κ1) is 12.0. The highest BCUT2D eigenvalue weighted by Crippen LogP contribution is 2.22. The molecule has 2 nitrogen and oxygen atoms in total. The van der Waals surface area contributed by atoms with Crippen LogP contribution >= 0.6 is 15.9 Å². The van der Waals surface area contributed by atoms with Crippen molar-refractivity contribution in [2.45, 2.75) is 6.54 Å². The van der Waals surface area contributed by atoms with Crippen LogP contribution in [0.15, 0.2) is 34.9 Å². The summed E-state index contributed by atoms with van der Waals surface area (Å²) in [6.07, 6.45) is 2.25. The smallest absolute Gasteiger partial charge is 0.166 e. The van der Waals surface area contributed by atoms with Gasteiger partial charge in [0, 0.05) is 11.8 Å². The molecule has 0 fully saturated rings. The van der Waals surface area contributed by atoms with E-state index in [1.165, 1.54) is 16.7 Å². The van der Waals surface area contributed by atoms with Crippen molar-refractivity contribution in [2.75, 3.05) is 0 Å². The Morgan fingerprint density at radius 1 is 1.29 bits per heavy atom. The van der Waals surface area contributed by atoms with Crippen molar-refractivity contribution in [3.8, 4) is 0 Å². The number of carbonyl (C=O) groups is 1. The fourth-order valence-corrected chi connectivity index (χ4v) is 1.93. The highest BCUT2D eigenvalue weighted by Gasteiger charge is 2.13. The first-order chi connectivity index (χ1) is 8.13. The zero-order valence-corrected chi connectivity index (χ0v) is 10.2. The Labute approximate surface area is 105 Å². The Morgan fingerprint density at radius 2 is 2.06 bits per heavy atom. The van der Waals surface area contributed by atoms with Gasteiger partial charge in [-0.15, -0.1) is 0 Å². The Kier molecular flexibility index (Phi) is 3.38. The maximum atomic E-state index is 13.7. The lowest BCUT2D eigenvalue weighted by Crippen LogP contribution is -2.06. The highest BCUT2D eigenvalue weighted by atomic mass is 79.9. The second-order valence-electron chi connectivity index (χ2n) is 3.50. The molecule has 0 aliphatic rings. The maximum Gasteiger partial charge on any atom is 0.166 e. The molecule has 5 heteroatoms. The molecule has 0 spiro atoms. The van der Waals surface area contributed by atoms with Crippen molar-refractivity contribution < 1.29 is 13.6 Å². The Hall–Kier alpha value is -1.49. The predicted molar refractivity (Wildman–Crippen MR) is 63.0 cm³/mol. The van der Waals surface area contributed by atoms with E-state index >= 15 is 0 Å². The molecule has 0 unspecified atom stereocenters. The molecule has 1 heterocycles. The molecule has 0 N–H and O–H groups in total. The summed E-state index contributed by atoms with van der Waals surface area (Å²) in [5.41, 5.74) is 0.308. The van der Waals surface area contributed by atoms with Crippen LogP contribution in [0.1, 0.15) is 16.1 Å². The van der Waals surface area contributed by atoms with Crippen LogP contribution in [-0.4, -0.2) is 10.9 Å². The van der Waals surface area contributed by atoms with Crippen molar-refractivity contribution in [1.82, 2.24) is 4.57 Å². The van der Waals surface area contributed by atoms with Gasteiger partial charge in [-0.1, -0.05) is 0 Å². The van der Waals surface area contributed by atoms with Gasteiger partial charge >= 0.3 is 0 Å². The first-order valence-electron chi connectivity index (χ1n) is 4.86. The third-order valence-corrected chi connectivity index (χ3v) is 3.07. The SMILES string of the molecule is O=Cc1cccn1Cc1c(F)ccc(Br)c1F. The number of nitrogens with zero attached hydrogens (tertiary/aromatic N) is 1. The first-order valence-corrected chi connectivity index (χ1v) is 5.65. The van der Waals surface area contributed by atoms with E-state index in [-0.39, 0.29) is 16.6 Å². The van der Waals surface area contributed by atoms with E-state index in [2.05, 4.69) is 15.9 Å². The monoisotopic (exact) mass is 299 g/mol. The van der Waals surface area contributed by atoms with Gasteiger partial charge in [0.05, 0.1) is 16.7 Å². The maximum absolute atomic E-state index is 13.7. The second-order valence-corrected chi connectivity index (χ2v) is 4.35. The number of halogens is 3. The van der Waals surface area contributed by atoms with Crippen molar-refractivity contribution in [2.24, 2.45) is 0 Å². The molecule has 0 saturated carbocycles. The molecule has 88 valence electrons. The van der Waals surface area contributed by atoms with Gasteiger partial charge in [-0.3, -0.25) is 4.79 Å². The topological polar surface area (TPSA) is 22.0 Å². The van der Waals surface area contributed by atoms with Crippen LogP contribution in [-0.2, 0) is 6.54 Å². The number of hydrogen-bond donors (Lipinski definition) is 0. The number of hydrogen-bond acceptors (Lipinski definition) is 1. The summed E-state index contributed by atoms with van der Waals surface area (Å²) in [7, 11) is 0. The van der Waals surface area contributed by atoms with Gasteiger partial charge in [0.15, 0.2) is 6.29 Å². The van der Waals surface area contributed by atoms with Gasteiger partial charge in [-0.2, -0.15) is 0 Å². The summed E-state index contributed by atoms with van der Waals surface area (Å²) >= 11 is 3.00. The number of benzene rings is 1. The summed E-state index contributed by atoms with van der Waals surface area (Å²) in [6, 6.07) is 5.73. The fourth-order valence-electron chi connectivity index (χ4n) is 1.56. The molecular weight excluding hydrogens is 292 g/mol. The molecule has 0 aliphatic carbocycles. The molecule has 1 aromatic carbocycles. The molecule has 1 aromatic heterocycles. The van der Waals surface area contributed by atoms with Crippen LogP contribution in [0.2, 0.25) is 0 Å². The molecule has 0 amide bonds. The summed E-state index contributed by atoms with van der Waals surface area (Å²) in [5.74, 6) is -1.27. The van der Waals surface area contributed by atoms with Crippen LogP contribution in [0.25, 0.3) is 0 Å². The number of aromatic nitrogens is 1. The lowest BCUT2D eigenvalue weighted by Gasteiger charge is -2.09. The summed E-state index contributed by atoms with van der Waals surface area (Å²) in [4.78, 5) is 10.7. The molecule has 17 heavy (non-hydrogen) atoms. The highest BCUT2D eigenvalue weighted by molar-refractivity contribution is 9.10. The van der Waals surface area contributed by atoms with Crippen LogP contribution < -0.4 is 0 Å². The van der Waals surface area contributed by atoms with Crippen molar-refractivity contribution in [3.05, 3.63) is 57.8 Å². The Morgan fingerprint density at radius 3 is 2.76 bits per heavy atom. The van der Waals surface area contributed by atoms with E-state index in [9.17, 15) is 13.6 Å². The van der Waals surface area contributed by atoms with Crippen LogP contribution in [0.3, 0.4) is 0 Å². The third kappa shape index (κ3) is 2.29. The van der Waals surface area contributed by atoms with E-state index < -0.39 is 11.6 Å². The number of rotatable bonds is 3. The van der Waals surface area contributed by atoms with E-state index in [0.29, 0.717) is 12.0 Å². The summed E-state index contributed by atoms with van der Waals surface area (Å²) < 4.78 is 28.9. The molecule has 2 rings (SSSR count). The molecule has 0 saturated heterocycles. The fraction of sp³-hybridized carbons (Fsp3) is 0.0833. The predicted octanol–water partition coefficient (Wildman–Crippen LogP) is 3.39. The van der Waals surface area contributed by atoms with E-state index in [1.807, 2.05) is 0 Å². The minimum atomic E-state index is -0.643. The van der Waals surface area contributed by atoms with E-state index in [4.69, 9.17) is 0 Å². The van der Waals surface area contributed by atoms with Gasteiger partial charge in [0.1, 0.15) is 11.6 Å². The van der Waals surface area contributed by atoms with Crippen LogP contribution in [0, 0.1) is 11.6 Å². The molecule has 0 atom stereocenters. The molecule has 0 aliphatic heterocycles. The molecule has 2 aromatic rings. The van der Waals surface area contributed by atoms with E-state index in [1.54, 1.807) is 18.3 Å². The standard InChI is InChI=1S/C12H8BrF2NO/c13-10-3-4-11(14)9(12(10)15)6-16-5-1-2-8(16)7-17/h1-5,7H,6H2. The zero-order chi connectivity index (χ0) is 12.4. The summed E-state index contributed by atoms with van der Waals surface area (Å²) in [6.45, 7) is -0.0157. The summed E-state index contributed by atoms with van der Waals surface area (Å²) in [5, 5.41) is 0. The Balaban J connectivity index is 2.43. The van der Waals surface area contributed by atoms with Crippen LogP contribution in [0.4, 0.5) is 8.78 Å². The zero-order valence-electron chi connectivity index (χ0n) is 8.66. The minimum Gasteiger partial charge on any atom is -0.341 e. The minimum absolute atomic E-state index is 0.0157. The Bertz CT molecular complexity index is 566. The molecular formula is C12H8BrF2NO. The van der Waals surface area contributed by atoms with Gasteiger partial charge in [0.25, 0.3) is 0 Å². The van der Waals surface area contributed by atoms with Gasteiger partial charge in [0.2, 0.25) is 0 Å². The lowest BCUT2D eigenvalue weighted by molar-refractivity contribution is 0.111. The lowest BCUT2D eigenvalue weighted by atomic mass is 10.2. The molecule has 0 bridgehead atoms. The van der Waals surface area contributed by atoms with Crippen molar-refractivity contribution in [1.29, 1.82) is 0 Å². The van der Waals surface area contributed by atoms with Crippen molar-refractivity contribution >= 4 is 22.2 Å². The van der Waals surface area contributed by atoms with Gasteiger partial charge < -0.3 is 4.57 Å².